The van der Waals surface area contributed by atoms with Crippen molar-refractivity contribution in [3.63, 3.8) is 0 Å². The van der Waals surface area contributed by atoms with E-state index in [0.717, 1.165) is 25.0 Å². The van der Waals surface area contributed by atoms with Crippen molar-refractivity contribution in [3.05, 3.63) is 36.6 Å². The molecule has 0 aromatic rings. The van der Waals surface area contributed by atoms with Gasteiger partial charge in [-0.2, -0.15) is 0 Å². The monoisotopic (exact) mass is 267 g/mol. The summed E-state index contributed by atoms with van der Waals surface area (Å²) in [4.78, 5) is 11.5. The maximum Gasteiger partial charge on any atom is 0.224 e. The van der Waals surface area contributed by atoms with Crippen LogP contribution in [0, 0.1) is 0 Å². The number of hydrogen-bond acceptors (Lipinski definition) is 1. The van der Waals surface area contributed by atoms with E-state index >= 15 is 0 Å². The van der Waals surface area contributed by atoms with Crippen molar-refractivity contribution in [2.24, 2.45) is 0 Å². The molecule has 1 amide bonds. The molecule has 0 aliphatic rings. The highest BCUT2D eigenvalue weighted by Gasteiger charge is 2.00. The maximum atomic E-state index is 11.5. The molecule has 0 saturated carbocycles. The number of rotatable bonds is 7. The second-order valence-corrected chi connectivity index (χ2v) is 3.36. The van der Waals surface area contributed by atoms with Crippen molar-refractivity contribution >= 4 is 5.91 Å². The van der Waals surface area contributed by atoms with Crippen LogP contribution in [0.4, 0.5) is 0 Å². The minimum absolute atomic E-state index is 0.0784. The number of amides is 1. The van der Waals surface area contributed by atoms with Gasteiger partial charge in [0, 0.05) is 12.1 Å². The van der Waals surface area contributed by atoms with Crippen LogP contribution >= 0.6 is 0 Å². The molecule has 0 saturated heterocycles. The van der Waals surface area contributed by atoms with Crippen LogP contribution in [0.2, 0.25) is 0 Å². The molecular formula is C17H33NO. The van der Waals surface area contributed by atoms with E-state index < -0.39 is 0 Å². The van der Waals surface area contributed by atoms with Gasteiger partial charge in [-0.05, 0) is 25.5 Å². The van der Waals surface area contributed by atoms with Gasteiger partial charge in [-0.3, -0.25) is 4.79 Å². The zero-order valence-electron chi connectivity index (χ0n) is 13.8. The molecule has 1 N–H and O–H groups in total. The fourth-order valence-electron chi connectivity index (χ4n) is 1.20. The Kier molecular flexibility index (Phi) is 26.3. The quantitative estimate of drug-likeness (QED) is 0.487. The maximum absolute atomic E-state index is 11.5. The molecule has 0 rings (SSSR count). The Hall–Kier alpha value is -1.31. The summed E-state index contributed by atoms with van der Waals surface area (Å²) >= 11 is 0. The van der Waals surface area contributed by atoms with Crippen LogP contribution in [0.15, 0.2) is 36.6 Å². The number of nitrogens with one attached hydrogen (secondary N) is 1. The first-order valence-corrected chi connectivity index (χ1v) is 7.49. The molecule has 0 aromatic heterocycles. The molecule has 0 fully saturated rings. The summed E-state index contributed by atoms with van der Waals surface area (Å²) in [6.45, 7) is 15.6. The van der Waals surface area contributed by atoms with Gasteiger partial charge >= 0.3 is 0 Å². The van der Waals surface area contributed by atoms with Gasteiger partial charge in [-0.15, -0.1) is 0 Å². The predicted molar refractivity (Wildman–Crippen MR) is 88.1 cm³/mol. The van der Waals surface area contributed by atoms with E-state index in [1.165, 1.54) is 0 Å². The summed E-state index contributed by atoms with van der Waals surface area (Å²) in [6.07, 6.45) is 11.0. The average Bonchev–Trinajstić information content (AvgIpc) is 2.44. The second kappa shape index (κ2) is 21.9. The standard InChI is InChI=1S/C13H21NO.2C2H6/c1-4-7-8-11-13(15)14-12(9-5-2)10-6-3;2*1-2/h5-6,9-10H,2,4,7-8,11H2,1,3H3,(H,14,15);2*1-2H3/b10-6-,12-9+;;. The molecule has 0 heterocycles. The van der Waals surface area contributed by atoms with Crippen LogP contribution in [-0.4, -0.2) is 5.91 Å². The highest BCUT2D eigenvalue weighted by Crippen LogP contribution is 2.00. The van der Waals surface area contributed by atoms with Crippen LogP contribution in [0.3, 0.4) is 0 Å². The van der Waals surface area contributed by atoms with Crippen LogP contribution in [0.1, 0.15) is 67.2 Å². The highest BCUT2D eigenvalue weighted by atomic mass is 16.1. The third kappa shape index (κ3) is 19.2. The highest BCUT2D eigenvalue weighted by molar-refractivity contribution is 5.78. The van der Waals surface area contributed by atoms with Crippen LogP contribution in [-0.2, 0) is 4.79 Å². The first-order valence-electron chi connectivity index (χ1n) is 7.49. The first-order chi connectivity index (χ1) is 9.24. The Labute approximate surface area is 120 Å². The normalized spacial score (nSPS) is 9.89. The zero-order valence-corrected chi connectivity index (χ0v) is 13.8. The fourth-order valence-corrected chi connectivity index (χ4v) is 1.20. The van der Waals surface area contributed by atoms with Crippen molar-refractivity contribution < 1.29 is 4.79 Å². The Balaban J connectivity index is -0.000000579. The van der Waals surface area contributed by atoms with Gasteiger partial charge in [0.1, 0.15) is 0 Å². The minimum atomic E-state index is 0.0784. The lowest BCUT2D eigenvalue weighted by Gasteiger charge is -2.04. The van der Waals surface area contributed by atoms with E-state index in [4.69, 9.17) is 0 Å². The molecule has 19 heavy (non-hydrogen) atoms. The number of unbranched alkanes of at least 4 members (excludes halogenated alkanes) is 2. The molecule has 112 valence electrons. The molecule has 0 bridgehead atoms. The zero-order chi connectivity index (χ0) is 15.5. The van der Waals surface area contributed by atoms with E-state index in [9.17, 15) is 4.79 Å². The smallest absolute Gasteiger partial charge is 0.224 e. The summed E-state index contributed by atoms with van der Waals surface area (Å²) in [5.74, 6) is 0.0784. The molecule has 2 nitrogen and oxygen atoms in total. The Bertz CT molecular complexity index is 252. The molecular weight excluding hydrogens is 234 g/mol. The lowest BCUT2D eigenvalue weighted by atomic mass is 10.2. The van der Waals surface area contributed by atoms with Crippen LogP contribution in [0.5, 0.6) is 0 Å². The third-order valence-corrected chi connectivity index (χ3v) is 1.93. The molecule has 0 aliphatic carbocycles. The summed E-state index contributed by atoms with van der Waals surface area (Å²) < 4.78 is 0. The SMILES string of the molecule is C=C/C=C(\C=C/C)NC(=O)CCCCC.CC.CC. The van der Waals surface area contributed by atoms with Crippen molar-refractivity contribution in [2.45, 2.75) is 67.2 Å². The Morgan fingerprint density at radius 2 is 1.74 bits per heavy atom. The molecule has 0 aliphatic heterocycles. The summed E-state index contributed by atoms with van der Waals surface area (Å²) in [7, 11) is 0. The largest absolute Gasteiger partial charge is 0.326 e. The lowest BCUT2D eigenvalue weighted by Crippen LogP contribution is -2.21. The summed E-state index contributed by atoms with van der Waals surface area (Å²) in [5, 5.41) is 2.84. The third-order valence-electron chi connectivity index (χ3n) is 1.93. The first kappa shape index (κ1) is 22.8. The van der Waals surface area contributed by atoms with Gasteiger partial charge in [0.2, 0.25) is 5.91 Å². The molecule has 0 unspecified atom stereocenters. The van der Waals surface area contributed by atoms with E-state index in [2.05, 4.69) is 18.8 Å². The topological polar surface area (TPSA) is 29.1 Å². The van der Waals surface area contributed by atoms with E-state index in [1.807, 2.05) is 46.8 Å². The average molecular weight is 267 g/mol. The summed E-state index contributed by atoms with van der Waals surface area (Å²) in [6, 6.07) is 0. The van der Waals surface area contributed by atoms with Gasteiger partial charge in [0.15, 0.2) is 0 Å². The lowest BCUT2D eigenvalue weighted by molar-refractivity contribution is -0.120. The van der Waals surface area contributed by atoms with Crippen molar-refractivity contribution in [1.29, 1.82) is 0 Å². The van der Waals surface area contributed by atoms with Crippen LogP contribution in [0.25, 0.3) is 0 Å². The number of allylic oxidation sites excluding steroid dienone is 4. The second-order valence-electron chi connectivity index (χ2n) is 3.36. The Morgan fingerprint density at radius 3 is 2.16 bits per heavy atom. The van der Waals surface area contributed by atoms with Gasteiger partial charge in [0.05, 0.1) is 0 Å². The van der Waals surface area contributed by atoms with Crippen molar-refractivity contribution in [3.8, 4) is 0 Å². The van der Waals surface area contributed by atoms with Crippen molar-refractivity contribution in [1.82, 2.24) is 5.32 Å². The van der Waals surface area contributed by atoms with Gasteiger partial charge in [0.25, 0.3) is 0 Å². The van der Waals surface area contributed by atoms with E-state index in [1.54, 1.807) is 12.2 Å². The molecule has 0 radical (unpaired) electrons. The van der Waals surface area contributed by atoms with Gasteiger partial charge in [-0.25, -0.2) is 0 Å². The minimum Gasteiger partial charge on any atom is -0.326 e. The van der Waals surface area contributed by atoms with Crippen LogP contribution < -0.4 is 5.32 Å². The number of carbonyl (C=O) groups is 1. The molecule has 0 atom stereocenters. The summed E-state index contributed by atoms with van der Waals surface area (Å²) in [5.41, 5.74) is 0.800. The van der Waals surface area contributed by atoms with E-state index in [0.29, 0.717) is 6.42 Å². The van der Waals surface area contributed by atoms with Gasteiger partial charge in [-0.1, -0.05) is 66.2 Å². The van der Waals surface area contributed by atoms with Crippen molar-refractivity contribution in [2.75, 3.05) is 0 Å². The molecule has 0 spiro atoms. The van der Waals surface area contributed by atoms with Gasteiger partial charge < -0.3 is 5.32 Å². The fraction of sp³-hybridized carbons (Fsp3) is 0.588. The predicted octanol–water partition coefficient (Wildman–Crippen LogP) is 5.38. The molecule has 0 aromatic carbocycles. The number of carbonyl (C=O) groups excluding carboxylic acids is 1. The Morgan fingerprint density at radius 1 is 1.16 bits per heavy atom. The number of hydrogen-bond donors (Lipinski definition) is 1. The van der Waals surface area contributed by atoms with E-state index in [-0.39, 0.29) is 5.91 Å². The molecule has 2 heteroatoms.